The van der Waals surface area contributed by atoms with E-state index in [0.717, 1.165) is 5.56 Å². The average Bonchev–Trinajstić information content (AvgIpc) is 3.16. The maximum absolute atomic E-state index is 11.5. The van der Waals surface area contributed by atoms with Crippen LogP contribution in [0, 0.1) is 11.3 Å². The lowest BCUT2D eigenvalue weighted by atomic mass is 10.1. The average molecular weight is 349 g/mol. The van der Waals surface area contributed by atoms with Crippen molar-refractivity contribution in [3.63, 3.8) is 0 Å². The minimum absolute atomic E-state index is 0.0640. The molecule has 0 radical (unpaired) electrons. The van der Waals surface area contributed by atoms with E-state index in [4.69, 9.17) is 20.5 Å². The first-order valence-electron chi connectivity index (χ1n) is 7.63. The van der Waals surface area contributed by atoms with Gasteiger partial charge in [0.1, 0.15) is 23.8 Å². The first kappa shape index (κ1) is 17.0. The molecule has 0 unspecified atom stereocenters. The Morgan fingerprint density at radius 1 is 1.23 bits per heavy atom. The SMILES string of the molecule is COc1ccc(-c2n[nH]nc2C(N)=O)cc1COc1ccc(C#N)cc1. The number of nitrogens with two attached hydrogens (primary N) is 1. The number of carbonyl (C=O) groups excluding carboxylic acids is 1. The van der Waals surface area contributed by atoms with E-state index in [9.17, 15) is 4.79 Å². The number of methoxy groups -OCH3 is 1. The summed E-state index contributed by atoms with van der Waals surface area (Å²) in [5, 5.41) is 19.0. The fourth-order valence-corrected chi connectivity index (χ4v) is 2.43. The van der Waals surface area contributed by atoms with Crippen molar-refractivity contribution in [3.8, 4) is 28.8 Å². The summed E-state index contributed by atoms with van der Waals surface area (Å²) in [7, 11) is 1.56. The molecule has 3 rings (SSSR count). The molecule has 0 spiro atoms. The summed E-state index contributed by atoms with van der Waals surface area (Å²) in [4.78, 5) is 11.5. The first-order chi connectivity index (χ1) is 12.6. The molecule has 0 aliphatic heterocycles. The van der Waals surface area contributed by atoms with Gasteiger partial charge in [-0.25, -0.2) is 0 Å². The van der Waals surface area contributed by atoms with Gasteiger partial charge in [0.2, 0.25) is 0 Å². The number of H-pyrrole nitrogens is 1. The van der Waals surface area contributed by atoms with Crippen molar-refractivity contribution in [2.45, 2.75) is 6.61 Å². The highest BCUT2D eigenvalue weighted by Crippen LogP contribution is 2.28. The van der Waals surface area contributed by atoms with E-state index < -0.39 is 5.91 Å². The lowest BCUT2D eigenvalue weighted by molar-refractivity contribution is 0.0996. The van der Waals surface area contributed by atoms with E-state index in [-0.39, 0.29) is 12.3 Å². The second kappa shape index (κ2) is 7.36. The molecule has 130 valence electrons. The topological polar surface area (TPSA) is 127 Å². The van der Waals surface area contributed by atoms with E-state index in [1.54, 1.807) is 49.6 Å². The van der Waals surface area contributed by atoms with Crippen LogP contribution in [-0.4, -0.2) is 28.4 Å². The molecule has 1 aromatic heterocycles. The van der Waals surface area contributed by atoms with Crippen molar-refractivity contribution in [2.75, 3.05) is 7.11 Å². The first-order valence-corrected chi connectivity index (χ1v) is 7.63. The molecular weight excluding hydrogens is 334 g/mol. The Kier molecular flexibility index (Phi) is 4.80. The number of nitrogens with one attached hydrogen (secondary N) is 1. The van der Waals surface area contributed by atoms with Crippen LogP contribution in [0.4, 0.5) is 0 Å². The number of aromatic amines is 1. The zero-order valence-electron chi connectivity index (χ0n) is 13.9. The third-order valence-corrected chi connectivity index (χ3v) is 3.71. The zero-order valence-corrected chi connectivity index (χ0v) is 13.9. The van der Waals surface area contributed by atoms with Gasteiger partial charge in [-0.2, -0.15) is 20.7 Å². The maximum Gasteiger partial charge on any atom is 0.271 e. The van der Waals surface area contributed by atoms with Crippen LogP contribution >= 0.6 is 0 Å². The number of aromatic nitrogens is 3. The highest BCUT2D eigenvalue weighted by molar-refractivity contribution is 5.96. The van der Waals surface area contributed by atoms with E-state index in [2.05, 4.69) is 21.5 Å². The van der Waals surface area contributed by atoms with Gasteiger partial charge in [0.05, 0.1) is 18.7 Å². The standard InChI is InChI=1S/C18H15N5O3/c1-25-15-7-4-12(16-17(18(20)24)22-23-21-16)8-13(15)10-26-14-5-2-11(9-19)3-6-14/h2-8H,10H2,1H3,(H2,20,24)(H,21,22,23). The predicted molar refractivity (Wildman–Crippen MR) is 92.4 cm³/mol. The molecule has 8 nitrogen and oxygen atoms in total. The highest BCUT2D eigenvalue weighted by Gasteiger charge is 2.17. The number of benzene rings is 2. The summed E-state index contributed by atoms with van der Waals surface area (Å²) >= 11 is 0. The predicted octanol–water partition coefficient (Wildman–Crippen LogP) is 2.03. The molecule has 0 aliphatic rings. The number of ether oxygens (including phenoxy) is 2. The molecule has 3 N–H and O–H groups in total. The Bertz CT molecular complexity index is 973. The molecule has 0 aliphatic carbocycles. The van der Waals surface area contributed by atoms with Crippen molar-refractivity contribution in [1.29, 1.82) is 5.26 Å². The van der Waals surface area contributed by atoms with Gasteiger partial charge < -0.3 is 15.2 Å². The molecule has 1 heterocycles. The van der Waals surface area contributed by atoms with Crippen LogP contribution in [0.25, 0.3) is 11.3 Å². The van der Waals surface area contributed by atoms with Crippen molar-refractivity contribution in [2.24, 2.45) is 5.73 Å². The van der Waals surface area contributed by atoms with E-state index in [1.165, 1.54) is 0 Å². The van der Waals surface area contributed by atoms with Crippen molar-refractivity contribution < 1.29 is 14.3 Å². The lowest BCUT2D eigenvalue weighted by Crippen LogP contribution is -2.12. The quantitative estimate of drug-likeness (QED) is 0.701. The van der Waals surface area contributed by atoms with Crippen molar-refractivity contribution in [1.82, 2.24) is 15.4 Å². The van der Waals surface area contributed by atoms with Gasteiger partial charge in [0.25, 0.3) is 5.91 Å². The van der Waals surface area contributed by atoms with Crippen LogP contribution in [-0.2, 0) is 6.61 Å². The molecule has 0 bridgehead atoms. The molecule has 3 aromatic rings. The minimum atomic E-state index is -0.667. The molecule has 26 heavy (non-hydrogen) atoms. The number of rotatable bonds is 6. The van der Waals surface area contributed by atoms with Crippen LogP contribution in [0.5, 0.6) is 11.5 Å². The van der Waals surface area contributed by atoms with Gasteiger partial charge in [-0.3, -0.25) is 4.79 Å². The second-order valence-electron chi connectivity index (χ2n) is 5.34. The number of hydrogen-bond acceptors (Lipinski definition) is 6. The molecule has 0 saturated carbocycles. The van der Waals surface area contributed by atoms with Gasteiger partial charge >= 0.3 is 0 Å². The summed E-state index contributed by atoms with van der Waals surface area (Å²) in [5.74, 6) is 0.585. The smallest absolute Gasteiger partial charge is 0.271 e. The van der Waals surface area contributed by atoms with Crippen LogP contribution in [0.15, 0.2) is 42.5 Å². The Hall–Kier alpha value is -3.86. The number of primary amides is 1. The van der Waals surface area contributed by atoms with Gasteiger partial charge in [-0.1, -0.05) is 0 Å². The monoisotopic (exact) mass is 349 g/mol. The molecular formula is C18H15N5O3. The van der Waals surface area contributed by atoms with Crippen molar-refractivity contribution in [3.05, 3.63) is 59.3 Å². The third-order valence-electron chi connectivity index (χ3n) is 3.71. The number of nitrogens with zero attached hydrogens (tertiary/aromatic N) is 3. The van der Waals surface area contributed by atoms with Crippen molar-refractivity contribution >= 4 is 5.91 Å². The molecule has 8 heteroatoms. The molecule has 0 saturated heterocycles. The number of carbonyl (C=O) groups is 1. The van der Waals surface area contributed by atoms with Crippen LogP contribution in [0.3, 0.4) is 0 Å². The largest absolute Gasteiger partial charge is 0.496 e. The van der Waals surface area contributed by atoms with Crippen LogP contribution < -0.4 is 15.2 Å². The molecule has 2 aromatic carbocycles. The van der Waals surface area contributed by atoms with E-state index in [1.807, 2.05) is 0 Å². The zero-order chi connectivity index (χ0) is 18.5. The summed E-state index contributed by atoms with van der Waals surface area (Å²) in [6.07, 6.45) is 0. The summed E-state index contributed by atoms with van der Waals surface area (Å²) in [6, 6.07) is 14.2. The molecule has 0 atom stereocenters. The Balaban J connectivity index is 1.86. The number of hydrogen-bond donors (Lipinski definition) is 2. The van der Waals surface area contributed by atoms with Gasteiger partial charge in [0, 0.05) is 11.1 Å². The lowest BCUT2D eigenvalue weighted by Gasteiger charge is -2.12. The van der Waals surface area contributed by atoms with E-state index >= 15 is 0 Å². The van der Waals surface area contributed by atoms with Gasteiger partial charge in [0.15, 0.2) is 5.69 Å². The number of amides is 1. The summed E-state index contributed by atoms with van der Waals surface area (Å²) in [6.45, 7) is 0.229. The molecule has 0 fully saturated rings. The fourth-order valence-electron chi connectivity index (χ4n) is 2.43. The second-order valence-corrected chi connectivity index (χ2v) is 5.34. The Morgan fingerprint density at radius 3 is 2.65 bits per heavy atom. The Morgan fingerprint density at radius 2 is 2.00 bits per heavy atom. The fraction of sp³-hybridized carbons (Fsp3) is 0.111. The van der Waals surface area contributed by atoms with Crippen LogP contribution in [0.2, 0.25) is 0 Å². The normalized spacial score (nSPS) is 10.2. The third kappa shape index (κ3) is 3.47. The number of nitriles is 1. The minimum Gasteiger partial charge on any atom is -0.496 e. The van der Waals surface area contributed by atoms with Gasteiger partial charge in [-0.15, -0.1) is 0 Å². The Labute approximate surface area is 149 Å². The van der Waals surface area contributed by atoms with Gasteiger partial charge in [-0.05, 0) is 42.5 Å². The summed E-state index contributed by atoms with van der Waals surface area (Å²) in [5.41, 5.74) is 7.71. The summed E-state index contributed by atoms with van der Waals surface area (Å²) < 4.78 is 11.1. The van der Waals surface area contributed by atoms with E-state index in [0.29, 0.717) is 28.3 Å². The highest BCUT2D eigenvalue weighted by atomic mass is 16.5. The molecule has 1 amide bonds. The maximum atomic E-state index is 11.5. The van der Waals surface area contributed by atoms with Crippen LogP contribution in [0.1, 0.15) is 21.6 Å².